The van der Waals surface area contributed by atoms with Crippen molar-refractivity contribution in [2.45, 2.75) is 77.7 Å². The summed E-state index contributed by atoms with van der Waals surface area (Å²) in [6.45, 7) is 10.7. The molecule has 27 heavy (non-hydrogen) atoms. The first-order valence-corrected chi connectivity index (χ1v) is 10.1. The van der Waals surface area contributed by atoms with E-state index in [9.17, 15) is 9.90 Å². The average Bonchev–Trinajstić information content (AvgIpc) is 2.59. The van der Waals surface area contributed by atoms with Gasteiger partial charge in [0.2, 0.25) is 0 Å². The van der Waals surface area contributed by atoms with Crippen LogP contribution in [0.2, 0.25) is 0 Å². The number of carbonyl (C=O) groups is 1. The monoisotopic (exact) mass is 372 g/mol. The number of benzene rings is 1. The second kappa shape index (κ2) is 7.57. The van der Waals surface area contributed by atoms with Crippen molar-refractivity contribution < 1.29 is 19.4 Å². The number of hydrogen-bond donors (Lipinski definition) is 1. The number of fused-ring (bicyclic) bond motifs is 3. The van der Waals surface area contributed by atoms with Crippen molar-refractivity contribution in [1.82, 2.24) is 0 Å². The first kappa shape index (κ1) is 19.8. The van der Waals surface area contributed by atoms with E-state index >= 15 is 0 Å². The molecule has 0 spiro atoms. The molecular formula is C23H32O4. The maximum absolute atomic E-state index is 12.3. The SMILES string of the molecule is CCCCOC(=O)C(C)c1cc(O)c2c(c1)OC(C)(C)[C@@H]1CC=C(C)C[C@@H]21. The van der Waals surface area contributed by atoms with Crippen LogP contribution in [0.3, 0.4) is 0 Å². The molecule has 0 radical (unpaired) electrons. The van der Waals surface area contributed by atoms with Crippen molar-refractivity contribution in [2.24, 2.45) is 5.92 Å². The maximum atomic E-state index is 12.3. The molecule has 0 saturated heterocycles. The number of carbonyl (C=O) groups excluding carboxylic acids is 1. The molecule has 0 amide bonds. The van der Waals surface area contributed by atoms with Crippen LogP contribution in [-0.4, -0.2) is 23.3 Å². The topological polar surface area (TPSA) is 55.8 Å². The fourth-order valence-electron chi connectivity index (χ4n) is 4.41. The molecule has 1 aromatic rings. The standard InChI is InChI=1S/C23H32O4/c1-6-7-10-26-22(25)15(3)16-12-19(24)21-17-11-14(2)8-9-18(17)23(4,5)27-20(21)13-16/h8,12-13,15,17-18,24H,6-7,9-11H2,1-5H3/t15?,17-,18-/m1/s1. The Morgan fingerprint density at radius 1 is 1.41 bits per heavy atom. The molecule has 1 aromatic carbocycles. The molecule has 4 nitrogen and oxygen atoms in total. The Hall–Kier alpha value is -1.97. The molecule has 0 bridgehead atoms. The van der Waals surface area contributed by atoms with E-state index in [1.165, 1.54) is 5.57 Å². The van der Waals surface area contributed by atoms with Gasteiger partial charge in [-0.2, -0.15) is 0 Å². The van der Waals surface area contributed by atoms with Gasteiger partial charge in [-0.05, 0) is 64.7 Å². The summed E-state index contributed by atoms with van der Waals surface area (Å²) in [5.41, 5.74) is 2.67. The number of esters is 1. The number of unbranched alkanes of at least 4 members (excludes halogenated alkanes) is 1. The van der Waals surface area contributed by atoms with E-state index in [1.807, 2.05) is 13.0 Å². The Morgan fingerprint density at radius 2 is 2.15 bits per heavy atom. The predicted molar refractivity (Wildman–Crippen MR) is 106 cm³/mol. The van der Waals surface area contributed by atoms with Gasteiger partial charge in [0, 0.05) is 17.4 Å². The quantitative estimate of drug-likeness (QED) is 0.424. The van der Waals surface area contributed by atoms with E-state index in [0.717, 1.165) is 36.8 Å². The van der Waals surface area contributed by atoms with Gasteiger partial charge in [0.1, 0.15) is 17.1 Å². The Morgan fingerprint density at radius 3 is 2.85 bits per heavy atom. The molecule has 2 aliphatic rings. The molecule has 0 aromatic heterocycles. The summed E-state index contributed by atoms with van der Waals surface area (Å²) in [6, 6.07) is 3.64. The molecule has 4 heteroatoms. The summed E-state index contributed by atoms with van der Waals surface area (Å²) < 4.78 is 11.7. The lowest BCUT2D eigenvalue weighted by atomic mass is 9.67. The van der Waals surface area contributed by atoms with Gasteiger partial charge in [-0.3, -0.25) is 4.79 Å². The third-order valence-corrected chi connectivity index (χ3v) is 6.12. The van der Waals surface area contributed by atoms with Crippen LogP contribution in [-0.2, 0) is 9.53 Å². The second-order valence-corrected chi connectivity index (χ2v) is 8.60. The number of rotatable bonds is 5. The normalized spacial score (nSPS) is 24.1. The molecule has 1 aliphatic heterocycles. The van der Waals surface area contributed by atoms with Crippen LogP contribution in [0.15, 0.2) is 23.8 Å². The Labute approximate surface area is 162 Å². The van der Waals surface area contributed by atoms with Gasteiger partial charge >= 0.3 is 5.97 Å². The lowest BCUT2D eigenvalue weighted by molar-refractivity contribution is -0.145. The lowest BCUT2D eigenvalue weighted by Gasteiger charge is -2.47. The summed E-state index contributed by atoms with van der Waals surface area (Å²) in [5.74, 6) is 0.828. The van der Waals surface area contributed by atoms with Gasteiger partial charge in [-0.15, -0.1) is 0 Å². The minimum absolute atomic E-state index is 0.232. The molecule has 3 atom stereocenters. The van der Waals surface area contributed by atoms with Crippen LogP contribution in [0.4, 0.5) is 0 Å². The first-order chi connectivity index (χ1) is 12.7. The largest absolute Gasteiger partial charge is 0.508 e. The van der Waals surface area contributed by atoms with Crippen molar-refractivity contribution in [3.63, 3.8) is 0 Å². The second-order valence-electron chi connectivity index (χ2n) is 8.60. The number of ether oxygens (including phenoxy) is 2. The smallest absolute Gasteiger partial charge is 0.313 e. The predicted octanol–water partition coefficient (Wildman–Crippen LogP) is 5.45. The van der Waals surface area contributed by atoms with Gasteiger partial charge < -0.3 is 14.6 Å². The Kier molecular flexibility index (Phi) is 5.55. The summed E-state index contributed by atoms with van der Waals surface area (Å²) >= 11 is 0. The summed E-state index contributed by atoms with van der Waals surface area (Å²) in [4.78, 5) is 12.3. The summed E-state index contributed by atoms with van der Waals surface area (Å²) in [7, 11) is 0. The third kappa shape index (κ3) is 3.85. The maximum Gasteiger partial charge on any atom is 0.313 e. The van der Waals surface area contributed by atoms with E-state index in [1.54, 1.807) is 6.07 Å². The van der Waals surface area contributed by atoms with E-state index in [-0.39, 0.29) is 23.2 Å². The fourth-order valence-corrected chi connectivity index (χ4v) is 4.41. The molecule has 0 saturated carbocycles. The van der Waals surface area contributed by atoms with Gasteiger partial charge in [0.25, 0.3) is 0 Å². The van der Waals surface area contributed by atoms with Gasteiger partial charge in [-0.1, -0.05) is 25.0 Å². The number of hydrogen-bond acceptors (Lipinski definition) is 4. The molecule has 3 rings (SSSR count). The molecule has 1 heterocycles. The molecule has 148 valence electrons. The highest BCUT2D eigenvalue weighted by molar-refractivity contribution is 5.78. The lowest BCUT2D eigenvalue weighted by Crippen LogP contribution is -2.45. The van der Waals surface area contributed by atoms with Gasteiger partial charge in [0.15, 0.2) is 0 Å². The number of aromatic hydroxyl groups is 1. The van der Waals surface area contributed by atoms with Crippen LogP contribution < -0.4 is 4.74 Å². The van der Waals surface area contributed by atoms with Crippen LogP contribution >= 0.6 is 0 Å². The summed E-state index contributed by atoms with van der Waals surface area (Å²) in [5, 5.41) is 10.8. The molecule has 1 N–H and O–H groups in total. The fraction of sp³-hybridized carbons (Fsp3) is 0.609. The van der Waals surface area contributed by atoms with Crippen LogP contribution in [0.1, 0.15) is 83.3 Å². The molecular weight excluding hydrogens is 340 g/mol. The highest BCUT2D eigenvalue weighted by Gasteiger charge is 2.45. The highest BCUT2D eigenvalue weighted by Crippen LogP contribution is 2.54. The van der Waals surface area contributed by atoms with E-state index < -0.39 is 5.92 Å². The minimum Gasteiger partial charge on any atom is -0.508 e. The Balaban J connectivity index is 1.92. The van der Waals surface area contributed by atoms with Gasteiger partial charge in [0.05, 0.1) is 12.5 Å². The van der Waals surface area contributed by atoms with Gasteiger partial charge in [-0.25, -0.2) is 0 Å². The number of phenolic OH excluding ortho intramolecular Hbond substituents is 1. The molecule has 1 aliphatic carbocycles. The van der Waals surface area contributed by atoms with E-state index in [2.05, 4.69) is 33.8 Å². The average molecular weight is 373 g/mol. The highest BCUT2D eigenvalue weighted by atomic mass is 16.5. The van der Waals surface area contributed by atoms with Crippen molar-refractivity contribution in [3.8, 4) is 11.5 Å². The zero-order valence-electron chi connectivity index (χ0n) is 17.2. The van der Waals surface area contributed by atoms with Crippen molar-refractivity contribution in [2.75, 3.05) is 6.61 Å². The third-order valence-electron chi connectivity index (χ3n) is 6.12. The van der Waals surface area contributed by atoms with E-state index in [0.29, 0.717) is 18.3 Å². The molecule has 0 fully saturated rings. The zero-order chi connectivity index (χ0) is 19.8. The van der Waals surface area contributed by atoms with Crippen molar-refractivity contribution >= 4 is 5.97 Å². The molecule has 1 unspecified atom stereocenters. The summed E-state index contributed by atoms with van der Waals surface area (Å²) in [6.07, 6.45) is 6.04. The van der Waals surface area contributed by atoms with Crippen molar-refractivity contribution in [1.29, 1.82) is 0 Å². The van der Waals surface area contributed by atoms with Crippen LogP contribution in [0.25, 0.3) is 0 Å². The van der Waals surface area contributed by atoms with Crippen LogP contribution in [0, 0.1) is 5.92 Å². The minimum atomic E-state index is -0.435. The number of allylic oxidation sites excluding steroid dienone is 2. The number of phenols is 1. The Bertz CT molecular complexity index is 747. The zero-order valence-corrected chi connectivity index (χ0v) is 17.2. The van der Waals surface area contributed by atoms with E-state index in [4.69, 9.17) is 9.47 Å². The van der Waals surface area contributed by atoms with Crippen LogP contribution in [0.5, 0.6) is 11.5 Å². The van der Waals surface area contributed by atoms with Crippen molar-refractivity contribution in [3.05, 3.63) is 34.9 Å². The first-order valence-electron chi connectivity index (χ1n) is 10.1.